The van der Waals surface area contributed by atoms with Gasteiger partial charge in [-0.25, -0.2) is 0 Å². The van der Waals surface area contributed by atoms with Crippen molar-refractivity contribution in [2.45, 2.75) is 93.7 Å². The second-order valence-corrected chi connectivity index (χ2v) is 15.5. The maximum atomic E-state index is 14.2. The van der Waals surface area contributed by atoms with Crippen LogP contribution in [-0.2, 0) is 33.4 Å². The van der Waals surface area contributed by atoms with Gasteiger partial charge in [-0.15, -0.1) is 11.6 Å². The zero-order valence-electron chi connectivity index (χ0n) is 24.0. The summed E-state index contributed by atoms with van der Waals surface area (Å²) in [5, 5.41) is 11.9. The predicted molar refractivity (Wildman–Crippen MR) is 151 cm³/mol. The number of carbonyl (C=O) groups is 2. The number of hydrogen-bond donors (Lipinski definition) is 1. The lowest BCUT2D eigenvalue weighted by molar-refractivity contribution is -0.222. The van der Waals surface area contributed by atoms with Gasteiger partial charge in [-0.2, -0.15) is 8.42 Å². The molecule has 3 saturated carbocycles. The second-order valence-electron chi connectivity index (χ2n) is 13.3. The van der Waals surface area contributed by atoms with Crippen molar-refractivity contribution >= 4 is 33.3 Å². The molecule has 4 fully saturated rings. The number of fused-ring (bicyclic) bond motifs is 7. The van der Waals surface area contributed by atoms with Crippen molar-refractivity contribution < 1.29 is 36.8 Å². The molecule has 0 aromatic heterocycles. The van der Waals surface area contributed by atoms with E-state index in [1.807, 2.05) is 26.8 Å². The van der Waals surface area contributed by atoms with Gasteiger partial charge >= 0.3 is 0 Å². The summed E-state index contributed by atoms with van der Waals surface area (Å²) in [6, 6.07) is 6.21. The van der Waals surface area contributed by atoms with Gasteiger partial charge in [0.2, 0.25) is 0 Å². The molecule has 1 heterocycles. The molecule has 222 valence electrons. The monoisotopic (exact) mass is 604 g/mol. The zero-order chi connectivity index (χ0) is 29.8. The summed E-state index contributed by atoms with van der Waals surface area (Å²) in [6.07, 6.45) is 5.12. The van der Waals surface area contributed by atoms with E-state index in [-0.39, 0.29) is 28.9 Å². The molecule has 0 amide bonds. The predicted octanol–water partition coefficient (Wildman–Crippen LogP) is 4.41. The fourth-order valence-electron chi connectivity index (χ4n) is 8.82. The number of hydrogen-bond acceptors (Lipinski definition) is 8. The fourth-order valence-corrected chi connectivity index (χ4v) is 10.2. The maximum absolute atomic E-state index is 14.2. The molecule has 0 unspecified atom stereocenters. The van der Waals surface area contributed by atoms with Crippen molar-refractivity contribution in [1.82, 2.24) is 0 Å². The molecule has 0 radical (unpaired) electrons. The fraction of sp³-hybridized carbons (Fsp3) is 0.613. The Morgan fingerprint density at radius 2 is 1.83 bits per heavy atom. The number of aliphatic hydroxyl groups excluding tert-OH is 1. The quantitative estimate of drug-likeness (QED) is 0.388. The molecule has 10 heteroatoms. The van der Waals surface area contributed by atoms with Crippen LogP contribution in [0.3, 0.4) is 0 Å². The Morgan fingerprint density at radius 1 is 1.15 bits per heavy atom. The minimum atomic E-state index is -4.21. The largest absolute Gasteiger partial charge is 0.391 e. The van der Waals surface area contributed by atoms with Gasteiger partial charge in [0.15, 0.2) is 23.0 Å². The molecule has 1 aromatic carbocycles. The third-order valence-corrected chi connectivity index (χ3v) is 12.9. The lowest BCUT2D eigenvalue weighted by Crippen LogP contribution is -2.69. The van der Waals surface area contributed by atoms with Crippen LogP contribution in [0, 0.1) is 29.6 Å². The summed E-state index contributed by atoms with van der Waals surface area (Å²) in [4.78, 5) is 25.3. The molecular formula is C31H37ClO8S. The normalized spacial score (nSPS) is 42.6. The van der Waals surface area contributed by atoms with Crippen molar-refractivity contribution in [3.8, 4) is 0 Å². The van der Waals surface area contributed by atoms with E-state index in [9.17, 15) is 23.1 Å². The number of Topliss-reactive ketones (excluding diaryl/α,β-unsaturated/α-hetero) is 1. The van der Waals surface area contributed by atoms with Gasteiger partial charge < -0.3 is 14.6 Å². The SMILES string of the molecule is Cc1ccc(S(=O)(=O)OCC(=O)[C@@]23OC(C)(C)O[C@@H]2C[C@H]2[C@@H]4CCC5=CC(=O)C=C[C@]5(C)[C@@]4(Cl)[C@@H](O)C[C@@]23C)cc1. The number of halogens is 1. The van der Waals surface area contributed by atoms with E-state index in [1.165, 1.54) is 18.2 Å². The van der Waals surface area contributed by atoms with Gasteiger partial charge in [-0.3, -0.25) is 13.8 Å². The van der Waals surface area contributed by atoms with E-state index in [0.29, 0.717) is 19.3 Å². The van der Waals surface area contributed by atoms with Crippen molar-refractivity contribution in [1.29, 1.82) is 0 Å². The van der Waals surface area contributed by atoms with Gasteiger partial charge in [-0.1, -0.05) is 43.2 Å². The first-order valence-corrected chi connectivity index (χ1v) is 16.0. The molecule has 1 N–H and O–H groups in total. The minimum absolute atomic E-state index is 0.0391. The van der Waals surface area contributed by atoms with Crippen molar-refractivity contribution in [2.75, 3.05) is 6.61 Å². The lowest BCUT2D eigenvalue weighted by atomic mass is 9.45. The molecule has 0 spiro atoms. The van der Waals surface area contributed by atoms with E-state index < -0.39 is 61.8 Å². The van der Waals surface area contributed by atoms with Gasteiger partial charge in [0.1, 0.15) is 6.61 Å². The number of benzene rings is 1. The second kappa shape index (κ2) is 9.07. The van der Waals surface area contributed by atoms with E-state index >= 15 is 0 Å². The summed E-state index contributed by atoms with van der Waals surface area (Å²) >= 11 is 7.53. The summed E-state index contributed by atoms with van der Waals surface area (Å²) in [5.74, 6) is -2.12. The Bertz CT molecular complexity index is 1480. The number of rotatable bonds is 5. The van der Waals surface area contributed by atoms with Crippen molar-refractivity contribution in [2.24, 2.45) is 22.7 Å². The van der Waals surface area contributed by atoms with Crippen molar-refractivity contribution in [3.05, 3.63) is 53.6 Å². The molecule has 8 nitrogen and oxygen atoms in total. The summed E-state index contributed by atoms with van der Waals surface area (Å²) in [7, 11) is -4.21. The van der Waals surface area contributed by atoms with Crippen molar-refractivity contribution in [3.63, 3.8) is 0 Å². The Kier molecular flexibility index (Phi) is 6.46. The Hall–Kier alpha value is -1.88. The van der Waals surface area contributed by atoms with Gasteiger partial charge in [0, 0.05) is 10.8 Å². The number of ether oxygens (including phenoxy) is 2. The molecule has 1 aliphatic heterocycles. The third-order valence-electron chi connectivity index (χ3n) is 10.7. The average molecular weight is 605 g/mol. The first-order chi connectivity index (χ1) is 19.0. The highest BCUT2D eigenvalue weighted by atomic mass is 35.5. The number of aliphatic hydroxyl groups is 1. The Morgan fingerprint density at radius 3 is 2.51 bits per heavy atom. The number of carbonyl (C=O) groups excluding carboxylic acids is 2. The minimum Gasteiger partial charge on any atom is -0.391 e. The van der Waals surface area contributed by atoms with Crippen LogP contribution in [0.1, 0.15) is 58.9 Å². The van der Waals surface area contributed by atoms with E-state index in [4.69, 9.17) is 25.3 Å². The van der Waals surface area contributed by atoms with Crippen LogP contribution in [0.4, 0.5) is 0 Å². The van der Waals surface area contributed by atoms with Crippen LogP contribution in [0.5, 0.6) is 0 Å². The third kappa shape index (κ3) is 3.89. The molecule has 4 aliphatic carbocycles. The number of allylic oxidation sites excluding steroid dienone is 4. The molecular weight excluding hydrogens is 568 g/mol. The molecule has 6 rings (SSSR count). The summed E-state index contributed by atoms with van der Waals surface area (Å²) in [5.41, 5.74) is -1.41. The number of alkyl halides is 1. The van der Waals surface area contributed by atoms with Gasteiger partial charge in [-0.05, 0) is 82.6 Å². The van der Waals surface area contributed by atoms with Crippen LogP contribution in [0.2, 0.25) is 0 Å². The standard InChI is InChI=1S/C31H37ClO8S/c1-18-6-9-21(10-7-18)41(36,37)38-17-25(35)31-26(39-27(2,3)40-31)15-23-22-11-8-19-14-20(33)12-13-28(19,4)30(22,32)24(34)16-29(23,31)5/h6-7,9-10,12-14,22-24,26,34H,8,11,15-17H2,1-5H3/t22-,23-,24-,26+,28-,29-,30-,31+/m0/s1. The molecule has 41 heavy (non-hydrogen) atoms. The molecule has 5 aliphatic rings. The lowest BCUT2D eigenvalue weighted by Gasteiger charge is -2.64. The Labute approximate surface area is 246 Å². The molecule has 0 bridgehead atoms. The van der Waals surface area contributed by atoms with Crippen LogP contribution >= 0.6 is 11.6 Å². The van der Waals surface area contributed by atoms with E-state index in [2.05, 4.69) is 0 Å². The molecule has 8 atom stereocenters. The first kappa shape index (κ1) is 29.2. The van der Waals surface area contributed by atoms with Crippen LogP contribution in [-0.4, -0.2) is 60.2 Å². The van der Waals surface area contributed by atoms with Gasteiger partial charge in [0.05, 0.1) is 22.0 Å². The smallest absolute Gasteiger partial charge is 0.297 e. The highest BCUT2D eigenvalue weighted by Gasteiger charge is 2.79. The topological polar surface area (TPSA) is 116 Å². The first-order valence-electron chi connectivity index (χ1n) is 14.2. The maximum Gasteiger partial charge on any atom is 0.297 e. The molecule has 1 saturated heterocycles. The average Bonchev–Trinajstić information content (AvgIpc) is 3.30. The number of aryl methyl sites for hydroxylation is 1. The number of ketones is 2. The summed E-state index contributed by atoms with van der Waals surface area (Å²) < 4.78 is 44.1. The van der Waals surface area contributed by atoms with Crippen LogP contribution < -0.4 is 0 Å². The summed E-state index contributed by atoms with van der Waals surface area (Å²) in [6.45, 7) is 8.49. The van der Waals surface area contributed by atoms with Crippen LogP contribution in [0.25, 0.3) is 0 Å². The zero-order valence-corrected chi connectivity index (χ0v) is 25.5. The van der Waals surface area contributed by atoms with E-state index in [1.54, 1.807) is 32.1 Å². The van der Waals surface area contributed by atoms with Gasteiger partial charge in [0.25, 0.3) is 10.1 Å². The molecule has 1 aromatic rings. The highest BCUT2D eigenvalue weighted by Crippen LogP contribution is 2.73. The van der Waals surface area contributed by atoms with Crippen LogP contribution in [0.15, 0.2) is 53.0 Å². The Balaban J connectivity index is 1.36. The van der Waals surface area contributed by atoms with E-state index in [0.717, 1.165) is 11.1 Å². The highest BCUT2D eigenvalue weighted by molar-refractivity contribution is 7.86.